The van der Waals surface area contributed by atoms with E-state index in [1.54, 1.807) is 24.3 Å². The molecule has 6 heteroatoms. The van der Waals surface area contributed by atoms with Crippen molar-refractivity contribution in [3.05, 3.63) is 34.9 Å². The number of rotatable bonds is 5. The molecular weight excluding hydrogens is 284 g/mol. The van der Waals surface area contributed by atoms with Crippen LogP contribution in [0.2, 0.25) is 5.02 Å². The van der Waals surface area contributed by atoms with Gasteiger partial charge in [0.2, 0.25) is 6.10 Å². The number of hydrogen-bond acceptors (Lipinski definition) is 5. The van der Waals surface area contributed by atoms with Crippen molar-refractivity contribution >= 4 is 29.3 Å². The van der Waals surface area contributed by atoms with Crippen LogP contribution in [0.3, 0.4) is 0 Å². The maximum atomic E-state index is 11.8. The molecule has 1 aromatic carbocycles. The first-order valence-electron chi connectivity index (χ1n) is 6.21. The maximum absolute atomic E-state index is 11.8. The molecule has 1 heterocycles. The molecule has 0 saturated carbocycles. The van der Waals surface area contributed by atoms with Crippen LogP contribution in [0.4, 0.5) is 0 Å². The molecule has 0 aromatic heterocycles. The van der Waals surface area contributed by atoms with Crippen LogP contribution in [-0.2, 0) is 19.1 Å². The second-order valence-electron chi connectivity index (χ2n) is 4.36. The monoisotopic (exact) mass is 296 g/mol. The molecule has 1 aromatic rings. The van der Waals surface area contributed by atoms with Gasteiger partial charge in [0.15, 0.2) is 5.78 Å². The van der Waals surface area contributed by atoms with Crippen molar-refractivity contribution in [3.63, 3.8) is 0 Å². The summed E-state index contributed by atoms with van der Waals surface area (Å²) in [6.07, 6.45) is -0.489. The summed E-state index contributed by atoms with van der Waals surface area (Å²) in [4.78, 5) is 34.5. The minimum atomic E-state index is -0.826. The van der Waals surface area contributed by atoms with Gasteiger partial charge >= 0.3 is 11.9 Å². The largest absolute Gasteiger partial charge is 0.463 e. The summed E-state index contributed by atoms with van der Waals surface area (Å²) in [7, 11) is 0. The Labute approximate surface area is 120 Å². The molecule has 0 aliphatic carbocycles. The zero-order valence-corrected chi connectivity index (χ0v) is 11.4. The highest BCUT2D eigenvalue weighted by molar-refractivity contribution is 6.30. The van der Waals surface area contributed by atoms with Gasteiger partial charge in [0.05, 0.1) is 13.0 Å². The predicted molar refractivity (Wildman–Crippen MR) is 70.5 cm³/mol. The number of carbonyl (C=O) groups excluding carboxylic acids is 3. The fourth-order valence-corrected chi connectivity index (χ4v) is 1.92. The Hall–Kier alpha value is -1.88. The summed E-state index contributed by atoms with van der Waals surface area (Å²) in [5, 5.41) is 0.542. The number of Topliss-reactive ketones (excluding diaryl/α,β-unsaturated/α-hetero) is 1. The summed E-state index contributed by atoms with van der Waals surface area (Å²) in [5.41, 5.74) is 0.488. The summed E-state index contributed by atoms with van der Waals surface area (Å²) in [5.74, 6) is -1.27. The quantitative estimate of drug-likeness (QED) is 0.615. The van der Waals surface area contributed by atoms with Crippen molar-refractivity contribution in [1.82, 2.24) is 0 Å². The van der Waals surface area contributed by atoms with E-state index in [1.165, 1.54) is 0 Å². The van der Waals surface area contributed by atoms with E-state index < -0.39 is 18.0 Å². The summed E-state index contributed by atoms with van der Waals surface area (Å²) in [6.45, 7) is 0.264. The topological polar surface area (TPSA) is 69.7 Å². The van der Waals surface area contributed by atoms with Gasteiger partial charge in [0.25, 0.3) is 0 Å². The third-order valence-corrected chi connectivity index (χ3v) is 3.14. The molecule has 0 unspecified atom stereocenters. The number of hydrogen-bond donors (Lipinski definition) is 0. The molecule has 20 heavy (non-hydrogen) atoms. The van der Waals surface area contributed by atoms with Gasteiger partial charge in [-0.05, 0) is 24.3 Å². The lowest BCUT2D eigenvalue weighted by atomic mass is 10.1. The normalized spacial score (nSPS) is 17.6. The lowest BCUT2D eigenvalue weighted by Crippen LogP contribution is -2.22. The first kappa shape index (κ1) is 14.5. The number of carbonyl (C=O) groups is 3. The molecule has 1 aliphatic rings. The molecule has 106 valence electrons. The Kier molecular flexibility index (Phi) is 4.74. The molecule has 0 bridgehead atoms. The van der Waals surface area contributed by atoms with Crippen LogP contribution in [0.1, 0.15) is 29.6 Å². The molecule has 0 spiro atoms. The van der Waals surface area contributed by atoms with E-state index in [4.69, 9.17) is 16.3 Å². The molecule has 2 rings (SSSR count). The van der Waals surface area contributed by atoms with Gasteiger partial charge in [-0.3, -0.25) is 9.59 Å². The van der Waals surface area contributed by atoms with Crippen molar-refractivity contribution in [2.45, 2.75) is 25.4 Å². The molecule has 0 N–H and O–H groups in total. The van der Waals surface area contributed by atoms with Crippen LogP contribution in [0.5, 0.6) is 0 Å². The predicted octanol–water partition coefficient (Wildman–Crippen LogP) is 2.16. The van der Waals surface area contributed by atoms with Crippen LogP contribution >= 0.6 is 11.6 Å². The first-order chi connectivity index (χ1) is 9.56. The molecule has 0 amide bonds. The van der Waals surface area contributed by atoms with Gasteiger partial charge in [-0.15, -0.1) is 0 Å². The highest BCUT2D eigenvalue weighted by Gasteiger charge is 2.30. The van der Waals surface area contributed by atoms with E-state index in [0.29, 0.717) is 17.0 Å². The van der Waals surface area contributed by atoms with Crippen molar-refractivity contribution in [1.29, 1.82) is 0 Å². The highest BCUT2D eigenvalue weighted by Crippen LogP contribution is 2.14. The van der Waals surface area contributed by atoms with Gasteiger partial charge < -0.3 is 9.47 Å². The first-order valence-corrected chi connectivity index (χ1v) is 6.59. The number of esters is 2. The fourth-order valence-electron chi connectivity index (χ4n) is 1.80. The second-order valence-corrected chi connectivity index (χ2v) is 4.80. The van der Waals surface area contributed by atoms with E-state index in [-0.39, 0.29) is 25.2 Å². The van der Waals surface area contributed by atoms with Crippen molar-refractivity contribution in [3.8, 4) is 0 Å². The number of benzene rings is 1. The Morgan fingerprint density at radius 3 is 2.55 bits per heavy atom. The van der Waals surface area contributed by atoms with Gasteiger partial charge in [-0.2, -0.15) is 0 Å². The van der Waals surface area contributed by atoms with Crippen LogP contribution in [0.25, 0.3) is 0 Å². The second kappa shape index (κ2) is 6.52. The smallest absolute Gasteiger partial charge is 0.347 e. The maximum Gasteiger partial charge on any atom is 0.347 e. The highest BCUT2D eigenvalue weighted by atomic mass is 35.5. The van der Waals surface area contributed by atoms with Gasteiger partial charge in [0, 0.05) is 23.4 Å². The molecule has 0 radical (unpaired) electrons. The van der Waals surface area contributed by atoms with E-state index in [1.807, 2.05) is 0 Å². The molecule has 1 saturated heterocycles. The Balaban J connectivity index is 1.79. The van der Waals surface area contributed by atoms with Crippen LogP contribution in [0.15, 0.2) is 24.3 Å². The van der Waals surface area contributed by atoms with Crippen LogP contribution in [-0.4, -0.2) is 30.4 Å². The van der Waals surface area contributed by atoms with E-state index in [0.717, 1.165) is 0 Å². The van der Waals surface area contributed by atoms with E-state index in [9.17, 15) is 14.4 Å². The number of cyclic esters (lactones) is 1. The van der Waals surface area contributed by atoms with Crippen LogP contribution in [0, 0.1) is 0 Å². The van der Waals surface area contributed by atoms with Gasteiger partial charge in [-0.1, -0.05) is 11.6 Å². The molecule has 1 aliphatic heterocycles. The van der Waals surface area contributed by atoms with Crippen molar-refractivity contribution in [2.75, 3.05) is 6.61 Å². The summed E-state index contributed by atoms with van der Waals surface area (Å²) < 4.78 is 9.62. The Bertz CT molecular complexity index is 523. The average molecular weight is 297 g/mol. The molecular formula is C14H13ClO5. The van der Waals surface area contributed by atoms with E-state index in [2.05, 4.69) is 4.74 Å². The number of ether oxygens (including phenoxy) is 2. The number of halogens is 1. The SMILES string of the molecule is O=C(CCC(=O)c1ccc(Cl)cc1)O[C@@H]1CCOC1=O. The van der Waals surface area contributed by atoms with Crippen molar-refractivity contribution < 1.29 is 23.9 Å². The van der Waals surface area contributed by atoms with Crippen molar-refractivity contribution in [2.24, 2.45) is 0 Å². The number of ketones is 1. The molecule has 1 atom stereocenters. The minimum absolute atomic E-state index is 0.0300. The molecule has 5 nitrogen and oxygen atoms in total. The zero-order chi connectivity index (χ0) is 14.5. The minimum Gasteiger partial charge on any atom is -0.463 e. The van der Waals surface area contributed by atoms with E-state index >= 15 is 0 Å². The van der Waals surface area contributed by atoms with Crippen LogP contribution < -0.4 is 0 Å². The third-order valence-electron chi connectivity index (χ3n) is 2.88. The Morgan fingerprint density at radius 2 is 1.95 bits per heavy atom. The Morgan fingerprint density at radius 1 is 1.25 bits per heavy atom. The third kappa shape index (κ3) is 3.81. The van der Waals surface area contributed by atoms with Gasteiger partial charge in [-0.25, -0.2) is 4.79 Å². The average Bonchev–Trinajstić information content (AvgIpc) is 2.82. The van der Waals surface area contributed by atoms with Gasteiger partial charge in [0.1, 0.15) is 0 Å². The fraction of sp³-hybridized carbons (Fsp3) is 0.357. The molecule has 1 fully saturated rings. The zero-order valence-electron chi connectivity index (χ0n) is 10.6. The standard InChI is InChI=1S/C14H13ClO5/c15-10-3-1-9(2-4-10)11(16)5-6-13(17)20-12-7-8-19-14(12)18/h1-4,12H,5-8H2/t12-/m1/s1. The summed E-state index contributed by atoms with van der Waals surface area (Å²) in [6, 6.07) is 6.43. The lowest BCUT2D eigenvalue weighted by Gasteiger charge is -2.07. The summed E-state index contributed by atoms with van der Waals surface area (Å²) >= 11 is 5.72. The lowest BCUT2D eigenvalue weighted by molar-refractivity contribution is -0.160.